The number of nitrogens with zero attached hydrogens (tertiary/aromatic N) is 3. The second-order valence-electron chi connectivity index (χ2n) is 6.44. The molecule has 0 bridgehead atoms. The number of aromatic nitrogens is 2. The molecule has 3 aromatic rings. The van der Waals surface area contributed by atoms with Crippen LogP contribution in [0.3, 0.4) is 0 Å². The molecule has 0 unspecified atom stereocenters. The van der Waals surface area contributed by atoms with E-state index in [0.717, 1.165) is 22.6 Å². The summed E-state index contributed by atoms with van der Waals surface area (Å²) >= 11 is 12.5. The molecule has 30 heavy (non-hydrogen) atoms. The lowest BCUT2D eigenvalue weighted by Crippen LogP contribution is -2.37. The van der Waals surface area contributed by atoms with Crippen LogP contribution in [-0.4, -0.2) is 27.6 Å². The van der Waals surface area contributed by atoms with Gasteiger partial charge in [0.15, 0.2) is 0 Å². The third-order valence-corrected chi connectivity index (χ3v) is 5.18. The summed E-state index contributed by atoms with van der Waals surface area (Å²) in [7, 11) is 0. The Labute approximate surface area is 183 Å². The number of rotatable bonds is 5. The van der Waals surface area contributed by atoms with Gasteiger partial charge in [0, 0.05) is 23.1 Å². The van der Waals surface area contributed by atoms with E-state index in [2.05, 4.69) is 20.8 Å². The van der Waals surface area contributed by atoms with Gasteiger partial charge < -0.3 is 9.88 Å². The van der Waals surface area contributed by atoms with Gasteiger partial charge in [0.1, 0.15) is 0 Å². The smallest absolute Gasteiger partial charge is 0.329 e. The molecule has 7 nitrogen and oxygen atoms in total. The molecule has 1 aromatic carbocycles. The molecule has 3 rings (SSSR count). The van der Waals surface area contributed by atoms with Crippen molar-refractivity contribution in [2.45, 2.75) is 20.4 Å². The quantitative estimate of drug-likeness (QED) is 0.358. The average molecular weight is 444 g/mol. The molecule has 0 spiro atoms. The fourth-order valence-electron chi connectivity index (χ4n) is 2.92. The molecule has 0 aliphatic heterocycles. The number of carbonyl (C=O) groups excluding carboxylic acids is 2. The van der Waals surface area contributed by atoms with Crippen LogP contribution in [0.15, 0.2) is 53.8 Å². The highest BCUT2D eigenvalue weighted by atomic mass is 35.5. The van der Waals surface area contributed by atoms with Crippen molar-refractivity contribution >= 4 is 41.2 Å². The third-order valence-electron chi connectivity index (χ3n) is 4.37. The van der Waals surface area contributed by atoms with Gasteiger partial charge in [-0.3, -0.25) is 14.6 Å². The van der Waals surface area contributed by atoms with Crippen LogP contribution in [0.1, 0.15) is 22.6 Å². The highest BCUT2D eigenvalue weighted by Gasteiger charge is 2.15. The van der Waals surface area contributed by atoms with E-state index in [4.69, 9.17) is 23.2 Å². The first-order valence-corrected chi connectivity index (χ1v) is 9.78. The van der Waals surface area contributed by atoms with Crippen molar-refractivity contribution in [1.29, 1.82) is 0 Å². The molecule has 2 amide bonds. The molecule has 0 saturated heterocycles. The Bertz CT molecular complexity index is 1110. The predicted molar refractivity (Wildman–Crippen MR) is 117 cm³/mol. The van der Waals surface area contributed by atoms with Crippen molar-refractivity contribution < 1.29 is 9.59 Å². The van der Waals surface area contributed by atoms with Crippen LogP contribution in [0.25, 0.3) is 5.69 Å². The maximum atomic E-state index is 11.9. The van der Waals surface area contributed by atoms with E-state index in [1.54, 1.807) is 30.5 Å². The van der Waals surface area contributed by atoms with E-state index >= 15 is 0 Å². The number of pyridine rings is 1. The van der Waals surface area contributed by atoms with Gasteiger partial charge in [-0.25, -0.2) is 5.43 Å². The van der Waals surface area contributed by atoms with Gasteiger partial charge in [-0.2, -0.15) is 5.10 Å². The first-order chi connectivity index (χ1) is 14.4. The summed E-state index contributed by atoms with van der Waals surface area (Å²) in [4.78, 5) is 27.9. The highest BCUT2D eigenvalue weighted by Crippen LogP contribution is 2.31. The minimum atomic E-state index is -0.867. The van der Waals surface area contributed by atoms with Crippen molar-refractivity contribution in [3.05, 3.63) is 81.4 Å². The lowest BCUT2D eigenvalue weighted by atomic mass is 10.2. The number of hydrogen-bond donors (Lipinski definition) is 2. The maximum Gasteiger partial charge on any atom is 0.329 e. The predicted octanol–water partition coefficient (Wildman–Crippen LogP) is 3.56. The van der Waals surface area contributed by atoms with Crippen molar-refractivity contribution in [3.8, 4) is 5.69 Å². The van der Waals surface area contributed by atoms with Crippen LogP contribution in [0, 0.1) is 13.8 Å². The second kappa shape index (κ2) is 9.56. The average Bonchev–Trinajstić information content (AvgIpc) is 3.02. The molecule has 0 aliphatic rings. The summed E-state index contributed by atoms with van der Waals surface area (Å²) in [6, 6.07) is 12.6. The van der Waals surface area contributed by atoms with Crippen LogP contribution in [0.2, 0.25) is 10.0 Å². The zero-order chi connectivity index (χ0) is 21.7. The summed E-state index contributed by atoms with van der Waals surface area (Å²) in [6.45, 7) is 3.97. The standard InChI is InChI=1S/C21H19Cl2N5O2/c1-13-10-15(14(2)28(13)18-8-5-7-17(22)19(18)23)11-26-27-21(30)20(29)25-12-16-6-3-4-9-24-16/h3-11H,12H2,1-2H3,(H,25,29)(H,27,30)/b26-11-. The van der Waals surface area contributed by atoms with E-state index < -0.39 is 11.8 Å². The van der Waals surface area contributed by atoms with Crippen LogP contribution >= 0.6 is 23.2 Å². The van der Waals surface area contributed by atoms with E-state index in [0.29, 0.717) is 15.7 Å². The topological polar surface area (TPSA) is 88.4 Å². The molecular weight excluding hydrogens is 425 g/mol. The largest absolute Gasteiger partial charge is 0.342 e. The number of aryl methyl sites for hydroxylation is 1. The summed E-state index contributed by atoms with van der Waals surface area (Å²) in [6.07, 6.45) is 3.08. The Kier molecular flexibility index (Phi) is 6.87. The lowest BCUT2D eigenvalue weighted by Gasteiger charge is -2.12. The molecule has 0 radical (unpaired) electrons. The van der Waals surface area contributed by atoms with Crippen molar-refractivity contribution in [2.75, 3.05) is 0 Å². The van der Waals surface area contributed by atoms with Crippen molar-refractivity contribution in [3.63, 3.8) is 0 Å². The Morgan fingerprint density at radius 1 is 1.13 bits per heavy atom. The van der Waals surface area contributed by atoms with Gasteiger partial charge in [-0.05, 0) is 44.2 Å². The monoisotopic (exact) mass is 443 g/mol. The van der Waals surface area contributed by atoms with Crippen molar-refractivity contribution in [1.82, 2.24) is 20.3 Å². The van der Waals surface area contributed by atoms with Gasteiger partial charge in [0.05, 0.1) is 34.2 Å². The second-order valence-corrected chi connectivity index (χ2v) is 7.22. The number of benzene rings is 1. The first-order valence-electron chi connectivity index (χ1n) is 9.03. The molecule has 154 valence electrons. The molecule has 0 fully saturated rings. The van der Waals surface area contributed by atoms with Crippen LogP contribution in [0.5, 0.6) is 0 Å². The van der Waals surface area contributed by atoms with Crippen LogP contribution < -0.4 is 10.7 Å². The van der Waals surface area contributed by atoms with Gasteiger partial charge in [0.2, 0.25) is 0 Å². The Balaban J connectivity index is 1.66. The SMILES string of the molecule is Cc1cc(/C=N\NC(=O)C(=O)NCc2ccccn2)c(C)n1-c1cccc(Cl)c1Cl. The molecular formula is C21H19Cl2N5O2. The number of hydrogen-bond acceptors (Lipinski definition) is 4. The summed E-state index contributed by atoms with van der Waals surface area (Å²) in [5.74, 6) is -1.66. The Hall–Kier alpha value is -3.16. The Morgan fingerprint density at radius 3 is 2.67 bits per heavy atom. The summed E-state index contributed by atoms with van der Waals surface area (Å²) in [5.41, 5.74) is 6.15. The zero-order valence-corrected chi connectivity index (χ0v) is 17.8. The molecule has 0 saturated carbocycles. The Morgan fingerprint density at radius 2 is 1.93 bits per heavy atom. The van der Waals surface area contributed by atoms with E-state index in [9.17, 15) is 9.59 Å². The number of amides is 2. The van der Waals surface area contributed by atoms with Crippen LogP contribution in [0.4, 0.5) is 0 Å². The molecule has 0 atom stereocenters. The molecule has 2 heterocycles. The summed E-state index contributed by atoms with van der Waals surface area (Å²) < 4.78 is 1.94. The lowest BCUT2D eigenvalue weighted by molar-refractivity contribution is -0.139. The summed E-state index contributed by atoms with van der Waals surface area (Å²) in [5, 5.41) is 7.29. The van der Waals surface area contributed by atoms with Gasteiger partial charge in [-0.15, -0.1) is 0 Å². The fraction of sp³-hybridized carbons (Fsp3) is 0.143. The maximum absolute atomic E-state index is 11.9. The van der Waals surface area contributed by atoms with E-state index in [-0.39, 0.29) is 6.54 Å². The van der Waals surface area contributed by atoms with Gasteiger partial charge in [-0.1, -0.05) is 35.3 Å². The highest BCUT2D eigenvalue weighted by molar-refractivity contribution is 6.43. The fourth-order valence-corrected chi connectivity index (χ4v) is 3.30. The molecule has 2 aromatic heterocycles. The normalized spacial score (nSPS) is 10.9. The minimum Gasteiger partial charge on any atom is -0.342 e. The van der Waals surface area contributed by atoms with Gasteiger partial charge in [0.25, 0.3) is 0 Å². The molecule has 9 heteroatoms. The number of nitrogens with one attached hydrogen (secondary N) is 2. The molecule has 0 aliphatic carbocycles. The van der Waals surface area contributed by atoms with Crippen LogP contribution in [-0.2, 0) is 16.1 Å². The molecule has 2 N–H and O–H groups in total. The van der Waals surface area contributed by atoms with E-state index in [1.807, 2.05) is 36.6 Å². The first kappa shape index (κ1) is 21.5. The third kappa shape index (κ3) is 4.87. The number of halogens is 2. The zero-order valence-electron chi connectivity index (χ0n) is 16.3. The number of hydrazone groups is 1. The minimum absolute atomic E-state index is 0.151. The number of carbonyl (C=O) groups is 2. The van der Waals surface area contributed by atoms with Crippen molar-refractivity contribution in [2.24, 2.45) is 5.10 Å². The van der Waals surface area contributed by atoms with Gasteiger partial charge >= 0.3 is 11.8 Å². The van der Waals surface area contributed by atoms with E-state index in [1.165, 1.54) is 6.21 Å².